The summed E-state index contributed by atoms with van der Waals surface area (Å²) in [6.45, 7) is 0. The van der Waals surface area contributed by atoms with Gasteiger partial charge in [-0.2, -0.15) is 0 Å². The van der Waals surface area contributed by atoms with E-state index in [0.717, 1.165) is 44.5 Å². The molecule has 2 aliphatic rings. The number of benzene rings is 7. The van der Waals surface area contributed by atoms with Crippen molar-refractivity contribution in [2.45, 2.75) is 37.5 Å². The van der Waals surface area contributed by atoms with Crippen molar-refractivity contribution in [3.8, 4) is 78.7 Å². The van der Waals surface area contributed by atoms with Crippen LogP contribution in [0.2, 0.25) is 0 Å². The molecule has 2 aliphatic carbocycles. The van der Waals surface area contributed by atoms with Crippen LogP contribution < -0.4 is 0 Å². The van der Waals surface area contributed by atoms with E-state index in [9.17, 15) is 0 Å². The number of nitrogens with zero attached hydrogens (tertiary/aromatic N) is 3. The van der Waals surface area contributed by atoms with E-state index in [1.54, 1.807) is 0 Å². The molecule has 54 heavy (non-hydrogen) atoms. The molecule has 3 nitrogen and oxygen atoms in total. The smallest absolute Gasteiger partial charge is 0.164 e. The zero-order valence-electron chi connectivity index (χ0n) is 30.1. The second-order valence-electron chi connectivity index (χ2n) is 14.7. The van der Waals surface area contributed by atoms with Gasteiger partial charge in [-0.1, -0.05) is 177 Å². The van der Waals surface area contributed by atoms with Gasteiger partial charge in [0.2, 0.25) is 0 Å². The topological polar surface area (TPSA) is 38.7 Å². The van der Waals surface area contributed by atoms with Crippen LogP contribution in [0.4, 0.5) is 0 Å². The highest BCUT2D eigenvalue weighted by molar-refractivity contribution is 5.88. The van der Waals surface area contributed by atoms with Gasteiger partial charge in [-0.15, -0.1) is 0 Å². The van der Waals surface area contributed by atoms with Crippen molar-refractivity contribution in [3.63, 3.8) is 0 Å². The number of rotatable bonds is 6. The first kappa shape index (κ1) is 32.2. The quantitative estimate of drug-likeness (QED) is 0.174. The maximum absolute atomic E-state index is 5.27. The predicted octanol–water partition coefficient (Wildman–Crippen LogP) is 13.1. The Labute approximate surface area is 317 Å². The van der Waals surface area contributed by atoms with Gasteiger partial charge in [0.15, 0.2) is 17.5 Å². The number of aromatic nitrogens is 3. The lowest BCUT2D eigenvalue weighted by atomic mass is 9.67. The van der Waals surface area contributed by atoms with Crippen molar-refractivity contribution in [3.05, 3.63) is 187 Å². The molecular weight excluding hydrogens is 655 g/mol. The van der Waals surface area contributed by atoms with E-state index in [1.165, 1.54) is 59.9 Å². The van der Waals surface area contributed by atoms with Crippen molar-refractivity contribution >= 4 is 0 Å². The highest BCUT2D eigenvalue weighted by Crippen LogP contribution is 2.56. The third-order valence-corrected chi connectivity index (χ3v) is 11.5. The Morgan fingerprint density at radius 1 is 0.296 bits per heavy atom. The molecule has 1 heterocycles. The van der Waals surface area contributed by atoms with Gasteiger partial charge in [0.25, 0.3) is 0 Å². The molecule has 0 atom stereocenters. The summed E-state index contributed by atoms with van der Waals surface area (Å²) in [5, 5.41) is 0. The summed E-state index contributed by atoms with van der Waals surface area (Å²) >= 11 is 0. The van der Waals surface area contributed by atoms with E-state index in [2.05, 4.69) is 164 Å². The Morgan fingerprint density at radius 3 is 1.41 bits per heavy atom. The molecule has 0 saturated heterocycles. The van der Waals surface area contributed by atoms with Crippen LogP contribution in [0.15, 0.2) is 176 Å². The lowest BCUT2D eigenvalue weighted by Gasteiger charge is -2.36. The Bertz CT molecular complexity index is 2540. The Balaban J connectivity index is 1.14. The molecule has 0 N–H and O–H groups in total. The maximum atomic E-state index is 5.27. The van der Waals surface area contributed by atoms with E-state index in [1.807, 2.05) is 12.1 Å². The molecule has 1 saturated carbocycles. The lowest BCUT2D eigenvalue weighted by Crippen LogP contribution is -2.28. The summed E-state index contributed by atoms with van der Waals surface area (Å²) in [5.74, 6) is 1.97. The fourth-order valence-electron chi connectivity index (χ4n) is 8.94. The first-order valence-corrected chi connectivity index (χ1v) is 19.2. The monoisotopic (exact) mass is 693 g/mol. The largest absolute Gasteiger partial charge is 0.208 e. The van der Waals surface area contributed by atoms with Gasteiger partial charge in [-0.25, -0.2) is 15.0 Å². The highest BCUT2D eigenvalue weighted by Gasteiger charge is 2.43. The van der Waals surface area contributed by atoms with Crippen molar-refractivity contribution in [2.75, 3.05) is 0 Å². The average molecular weight is 694 g/mol. The summed E-state index contributed by atoms with van der Waals surface area (Å²) in [6, 6.07) is 62.9. The minimum Gasteiger partial charge on any atom is -0.208 e. The Kier molecular flexibility index (Phi) is 8.06. The SMILES string of the molecule is c1ccc(-c2cccc(-c3nc(-c4cccc(-c5ccccc5)c4)nc(-c4ccccc4-c4ccc5c(c4)C4(CCCCC4)c4ccccc4-5)n3)c2)cc1. The van der Waals surface area contributed by atoms with Gasteiger partial charge in [0, 0.05) is 22.1 Å². The fourth-order valence-corrected chi connectivity index (χ4v) is 8.94. The van der Waals surface area contributed by atoms with Crippen LogP contribution >= 0.6 is 0 Å². The average Bonchev–Trinajstić information content (AvgIpc) is 3.52. The second-order valence-corrected chi connectivity index (χ2v) is 14.7. The molecular formula is C51H39N3. The molecule has 3 heteroatoms. The maximum Gasteiger partial charge on any atom is 0.164 e. The second kappa shape index (κ2) is 13.5. The van der Waals surface area contributed by atoms with E-state index >= 15 is 0 Å². The first-order chi connectivity index (χ1) is 26.7. The highest BCUT2D eigenvalue weighted by atomic mass is 15.0. The zero-order valence-corrected chi connectivity index (χ0v) is 30.1. The van der Waals surface area contributed by atoms with Gasteiger partial charge < -0.3 is 0 Å². The molecule has 10 rings (SSSR count). The van der Waals surface area contributed by atoms with Gasteiger partial charge >= 0.3 is 0 Å². The molecule has 0 aliphatic heterocycles. The molecule has 0 amide bonds. The van der Waals surface area contributed by atoms with E-state index in [-0.39, 0.29) is 5.41 Å². The third kappa shape index (κ3) is 5.64. The van der Waals surface area contributed by atoms with E-state index in [0.29, 0.717) is 17.5 Å². The molecule has 1 spiro atoms. The van der Waals surface area contributed by atoms with Crippen LogP contribution in [0, 0.1) is 0 Å². The van der Waals surface area contributed by atoms with Crippen molar-refractivity contribution in [2.24, 2.45) is 0 Å². The number of fused-ring (bicyclic) bond motifs is 5. The van der Waals surface area contributed by atoms with Crippen LogP contribution in [0.1, 0.15) is 43.2 Å². The molecule has 8 aromatic rings. The standard InChI is InChI=1S/C51H39N3/c1-4-16-35(17-5-1)37-20-14-22-40(32-37)48-52-49(41-23-15-21-38(33-41)36-18-6-2-7-19-36)54-50(53-48)45-26-9-8-24-42(45)39-28-29-44-43-25-10-11-27-46(43)51(47(44)34-39)30-12-3-13-31-51/h1-2,4-11,14-29,32-34H,3,12-13,30-31H2. The summed E-state index contributed by atoms with van der Waals surface area (Å²) in [7, 11) is 0. The van der Waals surface area contributed by atoms with Crippen molar-refractivity contribution < 1.29 is 0 Å². The van der Waals surface area contributed by atoms with E-state index in [4.69, 9.17) is 15.0 Å². The molecule has 1 fully saturated rings. The Morgan fingerprint density at radius 2 is 0.778 bits per heavy atom. The van der Waals surface area contributed by atoms with Crippen molar-refractivity contribution in [1.29, 1.82) is 0 Å². The van der Waals surface area contributed by atoms with Crippen LogP contribution in [0.25, 0.3) is 78.7 Å². The normalized spacial score (nSPS) is 14.1. The first-order valence-electron chi connectivity index (χ1n) is 19.2. The minimum absolute atomic E-state index is 0.0795. The predicted molar refractivity (Wildman–Crippen MR) is 222 cm³/mol. The van der Waals surface area contributed by atoms with Crippen molar-refractivity contribution in [1.82, 2.24) is 15.0 Å². The Hall–Kier alpha value is -6.45. The van der Waals surface area contributed by atoms with Gasteiger partial charge in [-0.05, 0) is 86.7 Å². The zero-order chi connectivity index (χ0) is 35.9. The molecule has 0 radical (unpaired) electrons. The number of hydrogen-bond donors (Lipinski definition) is 0. The van der Waals surface area contributed by atoms with Gasteiger partial charge in [0.05, 0.1) is 0 Å². The minimum atomic E-state index is 0.0795. The summed E-state index contributed by atoms with van der Waals surface area (Å²) in [6.07, 6.45) is 6.25. The van der Waals surface area contributed by atoms with Crippen LogP contribution in [-0.2, 0) is 5.41 Å². The molecule has 0 bridgehead atoms. The number of hydrogen-bond acceptors (Lipinski definition) is 3. The summed E-state index contributed by atoms with van der Waals surface area (Å²) < 4.78 is 0. The fraction of sp³-hybridized carbons (Fsp3) is 0.118. The molecule has 258 valence electrons. The van der Waals surface area contributed by atoms with Gasteiger partial charge in [-0.3, -0.25) is 0 Å². The van der Waals surface area contributed by atoms with Gasteiger partial charge in [0.1, 0.15) is 0 Å². The van der Waals surface area contributed by atoms with E-state index < -0.39 is 0 Å². The summed E-state index contributed by atoms with van der Waals surface area (Å²) in [5.41, 5.74) is 15.6. The molecule has 0 unspecified atom stereocenters. The van der Waals surface area contributed by atoms with Crippen LogP contribution in [0.5, 0.6) is 0 Å². The third-order valence-electron chi connectivity index (χ3n) is 11.5. The molecule has 1 aromatic heterocycles. The van der Waals surface area contributed by atoms with Crippen LogP contribution in [-0.4, -0.2) is 15.0 Å². The lowest BCUT2D eigenvalue weighted by molar-refractivity contribution is 0.353. The van der Waals surface area contributed by atoms with Crippen LogP contribution in [0.3, 0.4) is 0 Å². The molecule has 7 aromatic carbocycles. The summed E-state index contributed by atoms with van der Waals surface area (Å²) in [4.78, 5) is 15.7.